The van der Waals surface area contributed by atoms with Gasteiger partial charge in [-0.05, 0) is 43.6 Å². The summed E-state index contributed by atoms with van der Waals surface area (Å²) in [4.78, 5) is 24.6. The van der Waals surface area contributed by atoms with Gasteiger partial charge < -0.3 is 10.4 Å². The molecule has 3 saturated carbocycles. The van der Waals surface area contributed by atoms with E-state index >= 15 is 0 Å². The van der Waals surface area contributed by atoms with Crippen LogP contribution in [0.3, 0.4) is 0 Å². The largest absolute Gasteiger partial charge is 0.481 e. The number of rotatable bonds is 4. The lowest BCUT2D eigenvalue weighted by atomic mass is 9.61. The molecule has 3 aliphatic carbocycles. The van der Waals surface area contributed by atoms with Gasteiger partial charge in [0.05, 0.1) is 29.9 Å². The molecule has 3 heterocycles. The van der Waals surface area contributed by atoms with E-state index in [0.717, 1.165) is 31.9 Å². The fourth-order valence-electron chi connectivity index (χ4n) is 4.81. The van der Waals surface area contributed by atoms with E-state index in [1.165, 1.54) is 6.07 Å². The minimum absolute atomic E-state index is 0.162. The van der Waals surface area contributed by atoms with E-state index in [9.17, 15) is 14.3 Å². The predicted molar refractivity (Wildman–Crippen MR) is 98.9 cm³/mol. The van der Waals surface area contributed by atoms with Gasteiger partial charge in [-0.1, -0.05) is 0 Å². The van der Waals surface area contributed by atoms with Gasteiger partial charge in [0.15, 0.2) is 5.65 Å². The lowest BCUT2D eigenvalue weighted by molar-refractivity contribution is -0.148. The number of pyridine rings is 1. The zero-order valence-corrected chi connectivity index (χ0v) is 15.0. The van der Waals surface area contributed by atoms with Crippen LogP contribution < -0.4 is 5.32 Å². The van der Waals surface area contributed by atoms with E-state index in [1.54, 1.807) is 12.4 Å². The minimum Gasteiger partial charge on any atom is -0.481 e. The van der Waals surface area contributed by atoms with Crippen LogP contribution in [0.5, 0.6) is 0 Å². The Hall–Kier alpha value is -3.10. The lowest BCUT2D eigenvalue weighted by Gasteiger charge is -2.47. The van der Waals surface area contributed by atoms with Gasteiger partial charge in [0, 0.05) is 6.04 Å². The molecule has 28 heavy (non-hydrogen) atoms. The summed E-state index contributed by atoms with van der Waals surface area (Å²) in [6.45, 7) is 0. The van der Waals surface area contributed by atoms with Crippen molar-refractivity contribution in [2.75, 3.05) is 5.32 Å². The van der Waals surface area contributed by atoms with E-state index in [-0.39, 0.29) is 12.0 Å². The number of hydrogen-bond donors (Lipinski definition) is 3. The van der Waals surface area contributed by atoms with E-state index < -0.39 is 17.7 Å². The van der Waals surface area contributed by atoms with E-state index in [2.05, 4.69) is 30.5 Å². The molecule has 0 radical (unpaired) electrons. The Kier molecular flexibility index (Phi) is 3.96. The third-order valence-electron chi connectivity index (χ3n) is 6.08. The average molecular weight is 382 g/mol. The number of carboxylic acid groups (broad SMARTS) is 1. The van der Waals surface area contributed by atoms with E-state index in [1.807, 2.05) is 0 Å². The molecule has 3 aromatic heterocycles. The lowest BCUT2D eigenvalue weighted by Crippen LogP contribution is -2.51. The summed E-state index contributed by atoms with van der Waals surface area (Å²) in [5, 5.41) is 20.5. The van der Waals surface area contributed by atoms with Crippen LogP contribution >= 0.6 is 0 Å². The Morgan fingerprint density at radius 1 is 1.18 bits per heavy atom. The molecule has 0 amide bonds. The maximum Gasteiger partial charge on any atom is 0.308 e. The first kappa shape index (κ1) is 17.0. The Morgan fingerprint density at radius 3 is 2.75 bits per heavy atom. The minimum atomic E-state index is -0.754. The van der Waals surface area contributed by atoms with Crippen molar-refractivity contribution in [1.29, 1.82) is 0 Å². The van der Waals surface area contributed by atoms with Crippen molar-refractivity contribution in [2.45, 2.75) is 31.7 Å². The Balaban J connectivity index is 1.47. The zero-order chi connectivity index (χ0) is 19.3. The first-order chi connectivity index (χ1) is 13.6. The standard InChI is InChI=1S/C19H19FN6O2/c20-11-5-12-17(25-26-18(12)22-6-11)13-7-21-8-14(23-13)24-16-10-3-1-9(2-4-10)15(16)19(27)28/h5-10,15-16H,1-4H2,(H,23,24)(H,27,28)(H,22,25,26). The number of fused-ring (bicyclic) bond motifs is 4. The van der Waals surface area contributed by atoms with Crippen molar-refractivity contribution in [2.24, 2.45) is 17.8 Å². The van der Waals surface area contributed by atoms with Gasteiger partial charge >= 0.3 is 5.97 Å². The van der Waals surface area contributed by atoms with Crippen molar-refractivity contribution in [3.05, 3.63) is 30.5 Å². The van der Waals surface area contributed by atoms with Gasteiger partial charge in [-0.2, -0.15) is 5.10 Å². The summed E-state index contributed by atoms with van der Waals surface area (Å²) in [6, 6.07) is 1.19. The summed E-state index contributed by atoms with van der Waals surface area (Å²) in [5.74, 6) is -0.596. The molecule has 2 bridgehead atoms. The molecule has 0 spiro atoms. The summed E-state index contributed by atoms with van der Waals surface area (Å²) < 4.78 is 13.6. The van der Waals surface area contributed by atoms with Gasteiger partial charge in [-0.15, -0.1) is 0 Å². The molecule has 2 unspecified atom stereocenters. The molecule has 8 nitrogen and oxygen atoms in total. The van der Waals surface area contributed by atoms with Gasteiger partial charge in [-0.3, -0.25) is 14.9 Å². The van der Waals surface area contributed by atoms with Crippen molar-refractivity contribution in [3.8, 4) is 11.4 Å². The van der Waals surface area contributed by atoms with Crippen LogP contribution in [-0.2, 0) is 4.79 Å². The monoisotopic (exact) mass is 382 g/mol. The topological polar surface area (TPSA) is 117 Å². The normalized spacial score (nSPS) is 26.5. The number of anilines is 1. The second-order valence-corrected chi connectivity index (χ2v) is 7.62. The van der Waals surface area contributed by atoms with Crippen LogP contribution in [0.4, 0.5) is 10.2 Å². The summed E-state index contributed by atoms with van der Waals surface area (Å²) >= 11 is 0. The highest BCUT2D eigenvalue weighted by Gasteiger charge is 2.47. The van der Waals surface area contributed by atoms with Crippen LogP contribution in [0, 0.1) is 23.6 Å². The number of carbonyl (C=O) groups is 1. The Bertz CT molecular complexity index is 1050. The van der Waals surface area contributed by atoms with Gasteiger partial charge in [0.2, 0.25) is 0 Å². The average Bonchev–Trinajstić information content (AvgIpc) is 3.12. The third-order valence-corrected chi connectivity index (χ3v) is 6.08. The van der Waals surface area contributed by atoms with Gasteiger partial charge in [0.1, 0.15) is 23.0 Å². The first-order valence-corrected chi connectivity index (χ1v) is 9.41. The highest BCUT2D eigenvalue weighted by Crippen LogP contribution is 2.46. The molecule has 9 heteroatoms. The number of nitrogens with zero attached hydrogens (tertiary/aromatic N) is 4. The van der Waals surface area contributed by atoms with Gasteiger partial charge in [0.25, 0.3) is 0 Å². The zero-order valence-electron chi connectivity index (χ0n) is 15.0. The first-order valence-electron chi connectivity index (χ1n) is 9.41. The maximum atomic E-state index is 13.6. The Labute approximate surface area is 159 Å². The fourth-order valence-corrected chi connectivity index (χ4v) is 4.81. The highest BCUT2D eigenvalue weighted by atomic mass is 19.1. The van der Waals surface area contributed by atoms with Crippen molar-refractivity contribution in [3.63, 3.8) is 0 Å². The number of aromatic amines is 1. The summed E-state index contributed by atoms with van der Waals surface area (Å²) in [7, 11) is 0. The van der Waals surface area contributed by atoms with Crippen molar-refractivity contribution in [1.82, 2.24) is 25.1 Å². The maximum absolute atomic E-state index is 13.6. The van der Waals surface area contributed by atoms with E-state index in [4.69, 9.17) is 0 Å². The second kappa shape index (κ2) is 6.50. The van der Waals surface area contributed by atoms with E-state index in [0.29, 0.717) is 34.2 Å². The van der Waals surface area contributed by atoms with Crippen LogP contribution in [0.2, 0.25) is 0 Å². The molecule has 3 aliphatic rings. The molecular weight excluding hydrogens is 363 g/mol. The summed E-state index contributed by atoms with van der Waals surface area (Å²) in [6.07, 6.45) is 8.28. The predicted octanol–water partition coefficient (Wildman–Crippen LogP) is 2.86. The van der Waals surface area contributed by atoms with Crippen LogP contribution in [-0.4, -0.2) is 42.3 Å². The van der Waals surface area contributed by atoms with Crippen LogP contribution in [0.25, 0.3) is 22.4 Å². The molecular formula is C19H19FN6O2. The number of nitrogens with one attached hydrogen (secondary N) is 2. The molecule has 0 aromatic carbocycles. The molecule has 2 atom stereocenters. The third kappa shape index (κ3) is 2.78. The van der Waals surface area contributed by atoms with Crippen LogP contribution in [0.1, 0.15) is 25.7 Å². The molecule has 6 rings (SSSR count). The fraction of sp³-hybridized carbons (Fsp3) is 0.421. The SMILES string of the molecule is O=C(O)C1C2CCC(CC2)C1Nc1cncc(-c2n[nH]c3ncc(F)cc23)n1. The van der Waals surface area contributed by atoms with Gasteiger partial charge in [-0.25, -0.2) is 14.4 Å². The smallest absolute Gasteiger partial charge is 0.308 e. The number of carboxylic acids is 1. The highest BCUT2D eigenvalue weighted by molar-refractivity contribution is 5.89. The molecule has 3 N–H and O–H groups in total. The van der Waals surface area contributed by atoms with Crippen LogP contribution in [0.15, 0.2) is 24.7 Å². The second-order valence-electron chi connectivity index (χ2n) is 7.62. The van der Waals surface area contributed by atoms with Crippen molar-refractivity contribution >= 4 is 22.8 Å². The Morgan fingerprint density at radius 2 is 1.96 bits per heavy atom. The molecule has 3 aromatic rings. The molecule has 3 fully saturated rings. The molecule has 144 valence electrons. The quantitative estimate of drug-likeness (QED) is 0.635. The molecule has 0 aliphatic heterocycles. The summed E-state index contributed by atoms with van der Waals surface area (Å²) in [5.41, 5.74) is 1.39. The molecule has 0 saturated heterocycles. The number of halogens is 1. The number of H-pyrrole nitrogens is 1. The number of aromatic nitrogens is 5. The van der Waals surface area contributed by atoms with Crippen molar-refractivity contribution < 1.29 is 14.3 Å². The number of hydrogen-bond acceptors (Lipinski definition) is 6. The number of aliphatic carboxylic acids is 1.